The van der Waals surface area contributed by atoms with Gasteiger partial charge in [-0.3, -0.25) is 9.78 Å². The monoisotopic (exact) mass is 300 g/mol. The van der Waals surface area contributed by atoms with Gasteiger partial charge in [-0.15, -0.1) is 5.10 Å². The second-order valence-electron chi connectivity index (χ2n) is 5.58. The van der Waals surface area contributed by atoms with Gasteiger partial charge in [0.1, 0.15) is 12.2 Å². The molecule has 3 rings (SSSR count). The van der Waals surface area contributed by atoms with E-state index in [0.29, 0.717) is 0 Å². The molecule has 0 spiro atoms. The molecule has 2 N–H and O–H groups in total. The summed E-state index contributed by atoms with van der Waals surface area (Å²) in [6.45, 7) is 4.04. The highest BCUT2D eigenvalue weighted by Crippen LogP contribution is 2.15. The first-order chi connectivity index (χ1) is 10.7. The fourth-order valence-corrected chi connectivity index (χ4v) is 2.60. The van der Waals surface area contributed by atoms with E-state index in [-0.39, 0.29) is 18.5 Å². The Morgan fingerprint density at radius 1 is 1.45 bits per heavy atom. The number of carbonyl (C=O) groups is 1. The van der Waals surface area contributed by atoms with E-state index in [0.717, 1.165) is 42.9 Å². The van der Waals surface area contributed by atoms with Gasteiger partial charge in [-0.2, -0.15) is 0 Å². The van der Waals surface area contributed by atoms with Crippen molar-refractivity contribution in [3.8, 4) is 11.3 Å². The zero-order chi connectivity index (χ0) is 15.4. The number of carbonyl (C=O) groups excluding carboxylic acids is 1. The number of nitrogens with zero attached hydrogens (tertiary/aromatic N) is 4. The molecule has 7 nitrogen and oxygen atoms in total. The highest BCUT2D eigenvalue weighted by Gasteiger charge is 2.16. The molecule has 1 aliphatic heterocycles. The summed E-state index contributed by atoms with van der Waals surface area (Å²) >= 11 is 0. The molecule has 0 atom stereocenters. The van der Waals surface area contributed by atoms with E-state index in [1.807, 2.05) is 19.1 Å². The first-order valence-electron chi connectivity index (χ1n) is 7.54. The molecule has 0 aliphatic carbocycles. The van der Waals surface area contributed by atoms with E-state index >= 15 is 0 Å². The summed E-state index contributed by atoms with van der Waals surface area (Å²) in [5, 5.41) is 14.5. The van der Waals surface area contributed by atoms with Gasteiger partial charge in [-0.25, -0.2) is 4.68 Å². The van der Waals surface area contributed by atoms with Gasteiger partial charge in [0.05, 0.1) is 6.20 Å². The molecular formula is C15H20N6O. The van der Waals surface area contributed by atoms with Crippen molar-refractivity contribution in [3.05, 3.63) is 30.2 Å². The molecule has 0 unspecified atom stereocenters. The van der Waals surface area contributed by atoms with Gasteiger partial charge >= 0.3 is 0 Å². The Morgan fingerprint density at radius 3 is 3.05 bits per heavy atom. The Bertz CT molecular complexity index is 647. The van der Waals surface area contributed by atoms with Crippen LogP contribution in [-0.2, 0) is 11.3 Å². The molecule has 116 valence electrons. The average molecular weight is 300 g/mol. The smallest absolute Gasteiger partial charge is 0.242 e. The van der Waals surface area contributed by atoms with Crippen LogP contribution < -0.4 is 10.6 Å². The molecule has 7 heteroatoms. The van der Waals surface area contributed by atoms with Crippen LogP contribution in [0.15, 0.2) is 24.5 Å². The molecule has 0 saturated carbocycles. The average Bonchev–Trinajstić information content (AvgIpc) is 2.96. The van der Waals surface area contributed by atoms with Crippen LogP contribution in [0.25, 0.3) is 11.3 Å². The lowest BCUT2D eigenvalue weighted by molar-refractivity contribution is -0.122. The molecule has 1 fully saturated rings. The molecule has 0 aromatic carbocycles. The van der Waals surface area contributed by atoms with Crippen LogP contribution >= 0.6 is 0 Å². The Kier molecular flexibility index (Phi) is 4.43. The summed E-state index contributed by atoms with van der Waals surface area (Å²) in [6.07, 6.45) is 5.49. The normalized spacial score (nSPS) is 15.7. The molecule has 0 bridgehead atoms. The summed E-state index contributed by atoms with van der Waals surface area (Å²) in [5.41, 5.74) is 2.63. The second-order valence-corrected chi connectivity index (χ2v) is 5.58. The number of nitrogens with one attached hydrogen (secondary N) is 2. The maximum absolute atomic E-state index is 12.1. The summed E-state index contributed by atoms with van der Waals surface area (Å²) in [4.78, 5) is 16.2. The van der Waals surface area contributed by atoms with Crippen LogP contribution in [0, 0.1) is 6.92 Å². The lowest BCUT2D eigenvalue weighted by Gasteiger charge is -2.23. The van der Waals surface area contributed by atoms with E-state index < -0.39 is 0 Å². The number of aryl methyl sites for hydroxylation is 1. The molecule has 0 radical (unpaired) electrons. The zero-order valence-electron chi connectivity index (χ0n) is 12.6. The van der Waals surface area contributed by atoms with Crippen LogP contribution in [0.1, 0.15) is 18.5 Å². The number of pyridine rings is 1. The van der Waals surface area contributed by atoms with Gasteiger partial charge in [0.2, 0.25) is 5.91 Å². The van der Waals surface area contributed by atoms with E-state index in [4.69, 9.17) is 0 Å². The summed E-state index contributed by atoms with van der Waals surface area (Å²) in [7, 11) is 0. The number of hydrogen-bond acceptors (Lipinski definition) is 5. The minimum absolute atomic E-state index is 0.0192. The minimum Gasteiger partial charge on any atom is -0.352 e. The Labute approximate surface area is 129 Å². The molecular weight excluding hydrogens is 280 g/mol. The molecule has 22 heavy (non-hydrogen) atoms. The molecule has 1 aliphatic rings. The van der Waals surface area contributed by atoms with Gasteiger partial charge < -0.3 is 10.6 Å². The van der Waals surface area contributed by atoms with Crippen LogP contribution in [0.5, 0.6) is 0 Å². The Hall–Kier alpha value is -2.28. The predicted octanol–water partition coefficient (Wildman–Crippen LogP) is 0.517. The van der Waals surface area contributed by atoms with Crippen molar-refractivity contribution in [3.63, 3.8) is 0 Å². The van der Waals surface area contributed by atoms with Gasteiger partial charge in [-0.1, -0.05) is 5.21 Å². The van der Waals surface area contributed by atoms with Gasteiger partial charge in [0, 0.05) is 23.5 Å². The predicted molar refractivity (Wildman–Crippen MR) is 82.0 cm³/mol. The van der Waals surface area contributed by atoms with Gasteiger partial charge in [0.25, 0.3) is 0 Å². The Morgan fingerprint density at radius 2 is 2.27 bits per heavy atom. The maximum Gasteiger partial charge on any atom is 0.242 e. The third kappa shape index (κ3) is 3.67. The molecule has 1 amide bonds. The third-order valence-electron chi connectivity index (χ3n) is 3.74. The largest absolute Gasteiger partial charge is 0.352 e. The number of rotatable bonds is 4. The van der Waals surface area contributed by atoms with Crippen LogP contribution in [0.2, 0.25) is 0 Å². The molecule has 1 saturated heterocycles. The van der Waals surface area contributed by atoms with Crippen molar-refractivity contribution in [2.75, 3.05) is 13.1 Å². The van der Waals surface area contributed by atoms with E-state index in [9.17, 15) is 4.79 Å². The SMILES string of the molecule is Cc1cc(-c2cn(CC(=O)NC3CCNCC3)nn2)ccn1. The first-order valence-corrected chi connectivity index (χ1v) is 7.54. The number of hydrogen-bond donors (Lipinski definition) is 2. The lowest BCUT2D eigenvalue weighted by atomic mass is 10.1. The third-order valence-corrected chi connectivity index (χ3v) is 3.74. The van der Waals surface area contributed by atoms with Crippen LogP contribution in [-0.4, -0.2) is 45.0 Å². The van der Waals surface area contributed by atoms with Crippen LogP contribution in [0.3, 0.4) is 0 Å². The van der Waals surface area contributed by atoms with Gasteiger partial charge in [0.15, 0.2) is 0 Å². The quantitative estimate of drug-likeness (QED) is 0.860. The fourth-order valence-electron chi connectivity index (χ4n) is 2.60. The first kappa shape index (κ1) is 14.6. The topological polar surface area (TPSA) is 84.7 Å². The Balaban J connectivity index is 1.60. The summed E-state index contributed by atoms with van der Waals surface area (Å²) in [5.74, 6) is -0.0192. The zero-order valence-corrected chi connectivity index (χ0v) is 12.6. The van der Waals surface area contributed by atoms with Crippen molar-refractivity contribution >= 4 is 5.91 Å². The van der Waals surface area contributed by atoms with Gasteiger partial charge in [-0.05, 0) is 45.0 Å². The summed E-state index contributed by atoms with van der Waals surface area (Å²) in [6, 6.07) is 4.10. The number of aromatic nitrogens is 4. The van der Waals surface area contributed by atoms with Crippen LogP contribution in [0.4, 0.5) is 0 Å². The van der Waals surface area contributed by atoms with E-state index in [2.05, 4.69) is 25.9 Å². The van der Waals surface area contributed by atoms with Crippen molar-refractivity contribution < 1.29 is 4.79 Å². The number of piperidine rings is 1. The maximum atomic E-state index is 12.1. The molecule has 2 aromatic rings. The minimum atomic E-state index is -0.0192. The highest BCUT2D eigenvalue weighted by atomic mass is 16.2. The highest BCUT2D eigenvalue weighted by molar-refractivity contribution is 5.76. The summed E-state index contributed by atoms with van der Waals surface area (Å²) < 4.78 is 1.57. The molecule has 2 aromatic heterocycles. The van der Waals surface area contributed by atoms with E-state index in [1.165, 1.54) is 0 Å². The van der Waals surface area contributed by atoms with Crippen molar-refractivity contribution in [2.24, 2.45) is 0 Å². The second kappa shape index (κ2) is 6.65. The van der Waals surface area contributed by atoms with E-state index in [1.54, 1.807) is 17.1 Å². The lowest BCUT2D eigenvalue weighted by Crippen LogP contribution is -2.43. The number of amides is 1. The van der Waals surface area contributed by atoms with Crippen molar-refractivity contribution in [2.45, 2.75) is 32.4 Å². The van der Waals surface area contributed by atoms with Crippen molar-refractivity contribution in [1.82, 2.24) is 30.6 Å². The standard InChI is InChI=1S/C15H20N6O/c1-11-8-12(2-7-17-11)14-9-21(20-19-14)10-15(22)18-13-3-5-16-6-4-13/h2,7-9,13,16H,3-6,10H2,1H3,(H,18,22). The van der Waals surface area contributed by atoms with Crippen molar-refractivity contribution in [1.29, 1.82) is 0 Å². The molecule has 3 heterocycles. The fraction of sp³-hybridized carbons (Fsp3) is 0.467.